The second-order valence-corrected chi connectivity index (χ2v) is 8.85. The highest BCUT2D eigenvalue weighted by Gasteiger charge is 2.35. The van der Waals surface area contributed by atoms with Crippen LogP contribution in [0.2, 0.25) is 0 Å². The number of aldehydes is 1. The smallest absolute Gasteiger partial charge is 0.290 e. The number of nitrogens with one attached hydrogen (secondary N) is 1. The third kappa shape index (κ3) is 4.61. The molecule has 2 atom stereocenters. The van der Waals surface area contributed by atoms with Gasteiger partial charge in [0.25, 0.3) is 6.47 Å². The number of allylic oxidation sites excluding steroid dienone is 2. The van der Waals surface area contributed by atoms with Crippen molar-refractivity contribution in [3.8, 4) is 0 Å². The highest BCUT2D eigenvalue weighted by atomic mass is 16.3. The first kappa shape index (κ1) is 21.4. The molecule has 7 heteroatoms. The molecule has 4 heterocycles. The Morgan fingerprint density at radius 3 is 2.68 bits per heavy atom. The van der Waals surface area contributed by atoms with E-state index in [0.29, 0.717) is 24.0 Å². The van der Waals surface area contributed by atoms with Crippen LogP contribution in [-0.2, 0) is 9.59 Å². The van der Waals surface area contributed by atoms with E-state index in [9.17, 15) is 9.59 Å². The van der Waals surface area contributed by atoms with Gasteiger partial charge in [0.1, 0.15) is 12.0 Å². The quantitative estimate of drug-likeness (QED) is 0.563. The zero-order valence-electron chi connectivity index (χ0n) is 17.6. The van der Waals surface area contributed by atoms with Crippen molar-refractivity contribution in [3.05, 3.63) is 35.5 Å². The van der Waals surface area contributed by atoms with Gasteiger partial charge in [-0.3, -0.25) is 14.7 Å². The summed E-state index contributed by atoms with van der Waals surface area (Å²) in [5.41, 5.74) is 3.81. The molecule has 1 aromatic heterocycles. The molecule has 3 fully saturated rings. The Morgan fingerprint density at radius 1 is 1.23 bits per heavy atom. The molecule has 3 aliphatic heterocycles. The minimum atomic E-state index is -0.250. The van der Waals surface area contributed by atoms with Crippen LogP contribution in [0.4, 0.5) is 0 Å². The topological polar surface area (TPSA) is 103 Å². The van der Waals surface area contributed by atoms with Crippen LogP contribution in [0.15, 0.2) is 24.3 Å². The maximum Gasteiger partial charge on any atom is 0.290 e. The van der Waals surface area contributed by atoms with E-state index in [-0.39, 0.29) is 18.2 Å². The SMILES string of the molecule is O=CC1C=C(c2ccc3[nH]nc(C(=O)C[C@H]4CN5CCC4CC5)c3c2)CCC1.O=CO. The van der Waals surface area contributed by atoms with Gasteiger partial charge in [0, 0.05) is 24.3 Å². The van der Waals surface area contributed by atoms with Gasteiger partial charge < -0.3 is 14.8 Å². The maximum absolute atomic E-state index is 13.1. The average Bonchev–Trinajstić information content (AvgIpc) is 3.24. The molecular weight excluding hydrogens is 394 g/mol. The van der Waals surface area contributed by atoms with Crippen molar-refractivity contribution in [1.29, 1.82) is 0 Å². The zero-order chi connectivity index (χ0) is 21.8. The summed E-state index contributed by atoms with van der Waals surface area (Å²) in [5.74, 6) is 1.34. The van der Waals surface area contributed by atoms with E-state index in [1.165, 1.54) is 31.5 Å². The van der Waals surface area contributed by atoms with E-state index >= 15 is 0 Å². The predicted octanol–water partition coefficient (Wildman–Crippen LogP) is 3.56. The maximum atomic E-state index is 13.1. The number of aromatic nitrogens is 2. The number of carbonyl (C=O) groups is 3. The van der Waals surface area contributed by atoms with E-state index in [1.807, 2.05) is 6.07 Å². The second-order valence-electron chi connectivity index (χ2n) is 8.85. The lowest BCUT2D eigenvalue weighted by Crippen LogP contribution is -2.47. The molecule has 0 amide bonds. The van der Waals surface area contributed by atoms with Crippen LogP contribution < -0.4 is 0 Å². The fraction of sp³-hybridized carbons (Fsp3) is 0.500. The van der Waals surface area contributed by atoms with Gasteiger partial charge in [-0.15, -0.1) is 0 Å². The first-order chi connectivity index (χ1) is 15.1. The lowest BCUT2D eigenvalue weighted by atomic mass is 9.76. The fourth-order valence-electron chi connectivity index (χ4n) is 5.38. The van der Waals surface area contributed by atoms with E-state index in [2.05, 4.69) is 33.3 Å². The normalized spacial score (nSPS) is 27.2. The third-order valence-corrected chi connectivity index (χ3v) is 7.01. The van der Waals surface area contributed by atoms with Crippen molar-refractivity contribution in [3.63, 3.8) is 0 Å². The summed E-state index contributed by atoms with van der Waals surface area (Å²) in [7, 11) is 0. The van der Waals surface area contributed by atoms with Crippen LogP contribution in [0.5, 0.6) is 0 Å². The highest BCUT2D eigenvalue weighted by Crippen LogP contribution is 2.36. The monoisotopic (exact) mass is 423 g/mol. The van der Waals surface area contributed by atoms with E-state index in [4.69, 9.17) is 9.90 Å². The molecule has 0 radical (unpaired) electrons. The number of rotatable bonds is 5. The van der Waals surface area contributed by atoms with Gasteiger partial charge in [0.2, 0.25) is 0 Å². The number of carbonyl (C=O) groups excluding carboxylic acids is 2. The average molecular weight is 424 g/mol. The second kappa shape index (κ2) is 9.56. The molecule has 4 aliphatic rings. The molecule has 3 saturated heterocycles. The lowest BCUT2D eigenvalue weighted by Gasteiger charge is -2.44. The minimum absolute atomic E-state index is 0.0154. The van der Waals surface area contributed by atoms with Crippen LogP contribution in [0.1, 0.15) is 54.6 Å². The predicted molar refractivity (Wildman–Crippen MR) is 118 cm³/mol. The molecule has 0 saturated carbocycles. The van der Waals surface area contributed by atoms with Gasteiger partial charge in [0.05, 0.1) is 5.52 Å². The third-order valence-electron chi connectivity index (χ3n) is 7.01. The number of nitrogens with zero attached hydrogens (tertiary/aromatic N) is 2. The molecule has 2 bridgehead atoms. The van der Waals surface area contributed by atoms with E-state index in [0.717, 1.165) is 48.6 Å². The Bertz CT molecular complexity index is 988. The van der Waals surface area contributed by atoms with Gasteiger partial charge in [0.15, 0.2) is 5.78 Å². The number of benzene rings is 1. The largest absolute Gasteiger partial charge is 0.483 e. The Balaban J connectivity index is 0.000000730. The molecule has 2 aromatic rings. The van der Waals surface area contributed by atoms with Crippen molar-refractivity contribution in [2.45, 2.75) is 38.5 Å². The molecule has 1 aliphatic carbocycles. The first-order valence-electron chi connectivity index (χ1n) is 11.1. The summed E-state index contributed by atoms with van der Waals surface area (Å²) in [5, 5.41) is 15.2. The standard InChI is InChI=1S/C23H27N3O2.CH2O2/c27-14-15-2-1-3-17(10-15)18-4-5-21-20(11-18)23(25-24-21)22(28)12-19-13-26-8-6-16(19)7-9-26;2-1-3/h4-5,10-11,14-16,19H,1-3,6-9,12-13H2,(H,24,25);1H,(H,2,3)/t15?,19-;/m0./s1. The van der Waals surface area contributed by atoms with Crippen LogP contribution in [0, 0.1) is 17.8 Å². The fourth-order valence-corrected chi connectivity index (χ4v) is 5.38. The Morgan fingerprint density at radius 2 is 2.00 bits per heavy atom. The number of carboxylic acid groups (broad SMARTS) is 1. The Kier molecular flexibility index (Phi) is 6.61. The summed E-state index contributed by atoms with van der Waals surface area (Å²) in [4.78, 5) is 35.1. The number of ketones is 1. The van der Waals surface area contributed by atoms with Crippen molar-refractivity contribution in [1.82, 2.24) is 15.1 Å². The van der Waals surface area contributed by atoms with Crippen LogP contribution in [0.25, 0.3) is 16.5 Å². The number of Topliss-reactive ketones (excluding diaryl/α,β-unsaturated/α-hetero) is 1. The summed E-state index contributed by atoms with van der Waals surface area (Å²) in [6.07, 6.45) is 9.14. The van der Waals surface area contributed by atoms with Gasteiger partial charge >= 0.3 is 0 Å². The Labute approximate surface area is 181 Å². The minimum Gasteiger partial charge on any atom is -0.483 e. The number of fused-ring (bicyclic) bond motifs is 4. The number of aromatic amines is 1. The van der Waals surface area contributed by atoms with Crippen molar-refractivity contribution >= 4 is 35.0 Å². The van der Waals surface area contributed by atoms with Gasteiger partial charge in [-0.2, -0.15) is 5.10 Å². The molecule has 0 spiro atoms. The van der Waals surface area contributed by atoms with Gasteiger partial charge in [-0.25, -0.2) is 0 Å². The molecule has 7 nitrogen and oxygen atoms in total. The molecule has 6 rings (SSSR count). The lowest BCUT2D eigenvalue weighted by molar-refractivity contribution is -0.122. The van der Waals surface area contributed by atoms with E-state index in [1.54, 1.807) is 0 Å². The first-order valence-corrected chi connectivity index (χ1v) is 11.1. The van der Waals surface area contributed by atoms with Gasteiger partial charge in [-0.05, 0) is 80.3 Å². The van der Waals surface area contributed by atoms with Crippen LogP contribution in [0.3, 0.4) is 0 Å². The number of H-pyrrole nitrogens is 1. The Hall–Kier alpha value is -2.80. The molecule has 1 aromatic carbocycles. The molecule has 2 N–H and O–H groups in total. The van der Waals surface area contributed by atoms with E-state index < -0.39 is 0 Å². The van der Waals surface area contributed by atoms with Crippen molar-refractivity contribution < 1.29 is 19.5 Å². The van der Waals surface area contributed by atoms with Crippen LogP contribution in [-0.4, -0.2) is 58.4 Å². The number of piperidine rings is 3. The molecule has 31 heavy (non-hydrogen) atoms. The molecular formula is C24H29N3O4. The summed E-state index contributed by atoms with van der Waals surface area (Å²) in [6.45, 7) is 3.20. The molecule has 1 unspecified atom stereocenters. The van der Waals surface area contributed by atoms with Gasteiger partial charge in [-0.1, -0.05) is 12.1 Å². The molecule has 164 valence electrons. The summed E-state index contributed by atoms with van der Waals surface area (Å²) < 4.78 is 0. The van der Waals surface area contributed by atoms with Crippen molar-refractivity contribution in [2.75, 3.05) is 19.6 Å². The van der Waals surface area contributed by atoms with Crippen molar-refractivity contribution in [2.24, 2.45) is 17.8 Å². The summed E-state index contributed by atoms with van der Waals surface area (Å²) >= 11 is 0. The number of hydrogen-bond donors (Lipinski definition) is 2. The summed E-state index contributed by atoms with van der Waals surface area (Å²) in [6, 6.07) is 6.16. The number of hydrogen-bond acceptors (Lipinski definition) is 5. The van der Waals surface area contributed by atoms with Crippen LogP contribution >= 0.6 is 0 Å². The zero-order valence-corrected chi connectivity index (χ0v) is 17.6. The highest BCUT2D eigenvalue weighted by molar-refractivity contribution is 6.06.